The van der Waals surface area contributed by atoms with Gasteiger partial charge in [-0.05, 0) is 36.9 Å². The van der Waals surface area contributed by atoms with Crippen LogP contribution in [0.3, 0.4) is 0 Å². The summed E-state index contributed by atoms with van der Waals surface area (Å²) in [4.78, 5) is 2.67. The lowest BCUT2D eigenvalue weighted by Gasteiger charge is -2.32. The van der Waals surface area contributed by atoms with E-state index in [9.17, 15) is 0 Å². The summed E-state index contributed by atoms with van der Waals surface area (Å²) in [7, 11) is 2.02. The largest absolute Gasteiger partial charge is 0.316 e. The monoisotopic (exact) mass is 276 g/mol. The van der Waals surface area contributed by atoms with Crippen LogP contribution in [0.15, 0.2) is 24.3 Å². The van der Waals surface area contributed by atoms with E-state index in [1.54, 1.807) is 0 Å². The van der Waals surface area contributed by atoms with E-state index in [2.05, 4.69) is 62.2 Å². The number of nitrogens with one attached hydrogen (secondary N) is 1. The van der Waals surface area contributed by atoms with Crippen LogP contribution in [0.5, 0.6) is 0 Å². The van der Waals surface area contributed by atoms with Gasteiger partial charge in [-0.2, -0.15) is 0 Å². The van der Waals surface area contributed by atoms with Crippen LogP contribution in [-0.2, 0) is 13.1 Å². The Morgan fingerprint density at radius 3 is 2.15 bits per heavy atom. The third-order valence-corrected chi connectivity index (χ3v) is 3.92. The third kappa shape index (κ3) is 5.26. The molecule has 0 aliphatic carbocycles. The smallest absolute Gasteiger partial charge is 0.0240 e. The van der Waals surface area contributed by atoms with E-state index in [4.69, 9.17) is 0 Å². The van der Waals surface area contributed by atoms with Crippen LogP contribution in [0.4, 0.5) is 0 Å². The van der Waals surface area contributed by atoms with Gasteiger partial charge in [-0.25, -0.2) is 0 Å². The molecule has 0 radical (unpaired) electrons. The van der Waals surface area contributed by atoms with E-state index in [0.29, 0.717) is 12.0 Å². The number of benzene rings is 1. The van der Waals surface area contributed by atoms with Gasteiger partial charge in [0.2, 0.25) is 0 Å². The first-order chi connectivity index (χ1) is 9.62. The molecule has 114 valence electrons. The maximum absolute atomic E-state index is 3.28. The molecule has 0 spiro atoms. The van der Waals surface area contributed by atoms with Crippen LogP contribution in [0.25, 0.3) is 0 Å². The second kappa shape index (κ2) is 9.15. The zero-order valence-corrected chi connectivity index (χ0v) is 13.9. The Labute approximate surface area is 125 Å². The standard InChI is InChI=1S/C18H32N2/c1-6-18(7-2)20(13-15(3)4)14-17-11-9-8-10-16(17)12-19-5/h8-11,15,18-19H,6-7,12-14H2,1-5H3. The summed E-state index contributed by atoms with van der Waals surface area (Å²) < 4.78 is 0. The number of rotatable bonds is 9. The highest BCUT2D eigenvalue weighted by molar-refractivity contribution is 5.27. The number of hydrogen-bond acceptors (Lipinski definition) is 2. The Hall–Kier alpha value is -0.860. The van der Waals surface area contributed by atoms with Gasteiger partial charge in [0.15, 0.2) is 0 Å². The van der Waals surface area contributed by atoms with E-state index in [1.165, 1.54) is 30.5 Å². The molecule has 2 heteroatoms. The molecule has 0 saturated carbocycles. The molecule has 0 heterocycles. The molecular formula is C18H32N2. The molecule has 0 saturated heterocycles. The second-order valence-electron chi connectivity index (χ2n) is 6.09. The first-order valence-electron chi connectivity index (χ1n) is 8.07. The fourth-order valence-electron chi connectivity index (χ4n) is 2.91. The maximum Gasteiger partial charge on any atom is 0.0240 e. The van der Waals surface area contributed by atoms with E-state index in [-0.39, 0.29) is 0 Å². The van der Waals surface area contributed by atoms with Crippen LogP contribution >= 0.6 is 0 Å². The predicted molar refractivity (Wildman–Crippen MR) is 88.8 cm³/mol. The average molecular weight is 276 g/mol. The van der Waals surface area contributed by atoms with Crippen molar-refractivity contribution in [1.82, 2.24) is 10.2 Å². The van der Waals surface area contributed by atoms with Gasteiger partial charge in [0.05, 0.1) is 0 Å². The van der Waals surface area contributed by atoms with Crippen molar-refractivity contribution in [2.75, 3.05) is 13.6 Å². The van der Waals surface area contributed by atoms with Crippen molar-refractivity contribution in [3.8, 4) is 0 Å². The van der Waals surface area contributed by atoms with Crippen molar-refractivity contribution >= 4 is 0 Å². The minimum atomic E-state index is 0.694. The summed E-state index contributed by atoms with van der Waals surface area (Å²) in [6.45, 7) is 12.4. The summed E-state index contributed by atoms with van der Waals surface area (Å²) in [5, 5.41) is 3.28. The number of hydrogen-bond donors (Lipinski definition) is 1. The lowest BCUT2D eigenvalue weighted by Crippen LogP contribution is -2.37. The highest BCUT2D eigenvalue weighted by Gasteiger charge is 2.17. The fraction of sp³-hybridized carbons (Fsp3) is 0.667. The van der Waals surface area contributed by atoms with Crippen molar-refractivity contribution in [3.63, 3.8) is 0 Å². The van der Waals surface area contributed by atoms with Gasteiger partial charge in [0.1, 0.15) is 0 Å². The van der Waals surface area contributed by atoms with E-state index in [0.717, 1.165) is 13.1 Å². The summed E-state index contributed by atoms with van der Waals surface area (Å²) in [6, 6.07) is 9.52. The zero-order chi connectivity index (χ0) is 15.0. The molecule has 20 heavy (non-hydrogen) atoms. The molecule has 0 bridgehead atoms. The molecule has 1 aromatic carbocycles. The second-order valence-corrected chi connectivity index (χ2v) is 6.09. The molecule has 1 aromatic rings. The lowest BCUT2D eigenvalue weighted by atomic mass is 10.0. The van der Waals surface area contributed by atoms with Crippen molar-refractivity contribution in [2.45, 2.75) is 59.7 Å². The molecule has 0 unspecified atom stereocenters. The molecule has 0 amide bonds. The molecular weight excluding hydrogens is 244 g/mol. The van der Waals surface area contributed by atoms with Gasteiger partial charge in [0.25, 0.3) is 0 Å². The van der Waals surface area contributed by atoms with Crippen LogP contribution in [0.2, 0.25) is 0 Å². The Morgan fingerprint density at radius 2 is 1.65 bits per heavy atom. The van der Waals surface area contributed by atoms with Crippen LogP contribution < -0.4 is 5.32 Å². The molecule has 0 fully saturated rings. The van der Waals surface area contributed by atoms with Gasteiger partial charge in [0, 0.05) is 25.7 Å². The van der Waals surface area contributed by atoms with E-state index < -0.39 is 0 Å². The molecule has 0 atom stereocenters. The summed E-state index contributed by atoms with van der Waals surface area (Å²) in [5.41, 5.74) is 2.89. The van der Waals surface area contributed by atoms with Gasteiger partial charge in [-0.3, -0.25) is 4.90 Å². The van der Waals surface area contributed by atoms with Crippen LogP contribution in [0.1, 0.15) is 51.7 Å². The minimum Gasteiger partial charge on any atom is -0.316 e. The van der Waals surface area contributed by atoms with Crippen molar-refractivity contribution in [2.24, 2.45) is 5.92 Å². The first kappa shape index (κ1) is 17.2. The predicted octanol–water partition coefficient (Wildman–Crippen LogP) is 4.05. The van der Waals surface area contributed by atoms with Crippen LogP contribution in [0, 0.1) is 5.92 Å². The van der Waals surface area contributed by atoms with Crippen molar-refractivity contribution in [1.29, 1.82) is 0 Å². The summed E-state index contributed by atoms with van der Waals surface area (Å²) in [5.74, 6) is 0.715. The highest BCUT2D eigenvalue weighted by atomic mass is 15.2. The Morgan fingerprint density at radius 1 is 1.05 bits per heavy atom. The van der Waals surface area contributed by atoms with Gasteiger partial charge >= 0.3 is 0 Å². The third-order valence-electron chi connectivity index (χ3n) is 3.92. The topological polar surface area (TPSA) is 15.3 Å². The molecule has 2 nitrogen and oxygen atoms in total. The Kier molecular flexibility index (Phi) is 7.86. The Balaban J connectivity index is 2.88. The average Bonchev–Trinajstić information content (AvgIpc) is 2.42. The highest BCUT2D eigenvalue weighted by Crippen LogP contribution is 2.18. The molecule has 1 rings (SSSR count). The quantitative estimate of drug-likeness (QED) is 0.732. The minimum absolute atomic E-state index is 0.694. The zero-order valence-electron chi connectivity index (χ0n) is 13.9. The van der Waals surface area contributed by atoms with Crippen molar-refractivity contribution < 1.29 is 0 Å². The fourth-order valence-corrected chi connectivity index (χ4v) is 2.91. The maximum atomic E-state index is 3.28. The number of nitrogens with zero attached hydrogens (tertiary/aromatic N) is 1. The normalized spacial score (nSPS) is 11.8. The molecule has 0 aliphatic heterocycles. The van der Waals surface area contributed by atoms with E-state index >= 15 is 0 Å². The molecule has 0 aliphatic rings. The molecule has 0 aromatic heterocycles. The SMILES string of the molecule is CCC(CC)N(Cc1ccccc1CNC)CC(C)C. The lowest BCUT2D eigenvalue weighted by molar-refractivity contribution is 0.157. The first-order valence-corrected chi connectivity index (χ1v) is 8.07. The van der Waals surface area contributed by atoms with Crippen molar-refractivity contribution in [3.05, 3.63) is 35.4 Å². The van der Waals surface area contributed by atoms with Gasteiger partial charge < -0.3 is 5.32 Å². The Bertz CT molecular complexity index is 369. The van der Waals surface area contributed by atoms with Crippen LogP contribution in [-0.4, -0.2) is 24.5 Å². The van der Waals surface area contributed by atoms with Gasteiger partial charge in [-0.1, -0.05) is 52.0 Å². The van der Waals surface area contributed by atoms with Gasteiger partial charge in [-0.15, -0.1) is 0 Å². The summed E-state index contributed by atoms with van der Waals surface area (Å²) in [6.07, 6.45) is 2.47. The molecule has 1 N–H and O–H groups in total. The summed E-state index contributed by atoms with van der Waals surface area (Å²) >= 11 is 0. The van der Waals surface area contributed by atoms with E-state index in [1.807, 2.05) is 7.05 Å².